The Bertz CT molecular complexity index is 4360. The second kappa shape index (κ2) is 15.3. The van der Waals surface area contributed by atoms with Gasteiger partial charge >= 0.3 is 6.18 Å². The molecule has 0 spiro atoms. The van der Waals surface area contributed by atoms with E-state index >= 15 is 13.2 Å². The minimum absolute atomic E-state index is 0.152. The number of fused-ring (bicyclic) bond motifs is 12. The van der Waals surface area contributed by atoms with E-state index in [0.29, 0.717) is 22.4 Å². The molecule has 4 heterocycles. The zero-order chi connectivity index (χ0) is 48.4. The number of rotatable bonds is 5. The lowest BCUT2D eigenvalue weighted by molar-refractivity contribution is -0.137. The summed E-state index contributed by atoms with van der Waals surface area (Å²) in [6, 6.07) is 72.8. The van der Waals surface area contributed by atoms with E-state index in [1.54, 1.807) is 12.1 Å². The fourth-order valence-electron chi connectivity index (χ4n) is 11.6. The summed E-state index contributed by atoms with van der Waals surface area (Å²) in [5.41, 5.74) is 8.47. The predicted octanol–water partition coefficient (Wildman–Crippen LogP) is 16.5. The summed E-state index contributed by atoms with van der Waals surface area (Å²) >= 11 is 0. The minimum atomic E-state index is -4.86. The van der Waals surface area contributed by atoms with Crippen molar-refractivity contribution in [1.29, 1.82) is 10.5 Å². The van der Waals surface area contributed by atoms with Gasteiger partial charge in [0, 0.05) is 65.6 Å². The topological polar surface area (TPSA) is 67.3 Å². The van der Waals surface area contributed by atoms with Gasteiger partial charge in [0.05, 0.1) is 84.3 Å². The van der Waals surface area contributed by atoms with Gasteiger partial charge in [-0.25, -0.2) is 0 Å². The standard InChI is InChI=1S/C63H35F3N6/c64-63(65,66)50-21-13-14-39(37-68)61(50)62-59(71-55-26-11-5-19-46(55)48-34-40(28-30-57(48)71)69-51-22-7-1-15-42(51)43-16-2-8-23-52(43)69)32-38(36-67)33-60(62)72-56-27-12-6-20-47(56)49-35-41(29-31-58(49)72)70-53-24-9-3-17-44(53)45-18-4-10-25-54(45)70/h1-35H. The first-order chi connectivity index (χ1) is 35.3. The summed E-state index contributed by atoms with van der Waals surface area (Å²) in [6.45, 7) is 0. The Morgan fingerprint density at radius 2 is 0.667 bits per heavy atom. The lowest BCUT2D eigenvalue weighted by Crippen LogP contribution is -2.12. The number of benzene rings is 10. The Balaban J connectivity index is 1.10. The molecular weight excluding hydrogens is 898 g/mol. The van der Waals surface area contributed by atoms with Crippen LogP contribution < -0.4 is 0 Å². The van der Waals surface area contributed by atoms with Crippen LogP contribution in [-0.2, 0) is 6.18 Å². The molecule has 72 heavy (non-hydrogen) atoms. The molecule has 14 rings (SSSR count). The summed E-state index contributed by atoms with van der Waals surface area (Å²) < 4.78 is 55.7. The van der Waals surface area contributed by atoms with Crippen LogP contribution in [0.4, 0.5) is 13.2 Å². The molecule has 14 aromatic rings. The van der Waals surface area contributed by atoms with Crippen molar-refractivity contribution in [3.05, 3.63) is 229 Å². The monoisotopic (exact) mass is 932 g/mol. The Morgan fingerprint density at radius 3 is 1.03 bits per heavy atom. The molecule has 0 saturated heterocycles. The summed E-state index contributed by atoms with van der Waals surface area (Å²) in [5.74, 6) is 0. The molecule has 0 fully saturated rings. The van der Waals surface area contributed by atoms with Crippen LogP contribution in [0, 0.1) is 22.7 Å². The van der Waals surface area contributed by atoms with E-state index in [-0.39, 0.29) is 22.3 Å². The van der Waals surface area contributed by atoms with Crippen LogP contribution in [0.25, 0.3) is 121 Å². The Kier molecular flexibility index (Phi) is 8.77. The van der Waals surface area contributed by atoms with Crippen LogP contribution in [0.5, 0.6) is 0 Å². The van der Waals surface area contributed by atoms with Gasteiger partial charge in [-0.1, -0.05) is 115 Å². The van der Waals surface area contributed by atoms with Crippen molar-refractivity contribution < 1.29 is 13.2 Å². The smallest absolute Gasteiger partial charge is 0.309 e. The van der Waals surface area contributed by atoms with Crippen LogP contribution in [0.3, 0.4) is 0 Å². The zero-order valence-electron chi connectivity index (χ0n) is 38.0. The molecule has 0 atom stereocenters. The van der Waals surface area contributed by atoms with Gasteiger partial charge in [-0.2, -0.15) is 23.7 Å². The Morgan fingerprint density at radius 1 is 0.319 bits per heavy atom. The van der Waals surface area contributed by atoms with Gasteiger partial charge in [0.2, 0.25) is 0 Å². The Hall–Kier alpha value is -9.83. The third-order valence-electron chi connectivity index (χ3n) is 14.4. The molecule has 0 amide bonds. The molecule has 0 saturated carbocycles. The zero-order valence-corrected chi connectivity index (χ0v) is 38.0. The average Bonchev–Trinajstić information content (AvgIpc) is 4.15. The number of para-hydroxylation sites is 6. The van der Waals surface area contributed by atoms with E-state index in [2.05, 4.69) is 81.9 Å². The molecule has 0 aliphatic heterocycles. The lowest BCUT2D eigenvalue weighted by atomic mass is 9.90. The fraction of sp³-hybridized carbons (Fsp3) is 0.0159. The quantitative estimate of drug-likeness (QED) is 0.173. The number of nitrogens with zero attached hydrogens (tertiary/aromatic N) is 6. The highest BCUT2D eigenvalue weighted by molar-refractivity contribution is 6.15. The van der Waals surface area contributed by atoms with E-state index in [1.165, 1.54) is 12.1 Å². The predicted molar refractivity (Wildman–Crippen MR) is 284 cm³/mol. The number of alkyl halides is 3. The second-order valence-electron chi connectivity index (χ2n) is 18.2. The van der Waals surface area contributed by atoms with Gasteiger partial charge in [-0.05, 0) is 97.1 Å². The number of hydrogen-bond donors (Lipinski definition) is 0. The molecule has 9 heteroatoms. The van der Waals surface area contributed by atoms with E-state index in [4.69, 9.17) is 0 Å². The van der Waals surface area contributed by atoms with Gasteiger partial charge in [0.15, 0.2) is 0 Å². The van der Waals surface area contributed by atoms with Crippen molar-refractivity contribution in [1.82, 2.24) is 18.3 Å². The molecule has 0 unspecified atom stereocenters. The number of halogens is 3. The molecule has 0 bridgehead atoms. The molecule has 4 aromatic heterocycles. The molecule has 0 radical (unpaired) electrons. The summed E-state index contributed by atoms with van der Waals surface area (Å²) in [4.78, 5) is 0. The van der Waals surface area contributed by atoms with E-state index in [9.17, 15) is 10.5 Å². The van der Waals surface area contributed by atoms with Crippen LogP contribution in [0.2, 0.25) is 0 Å². The maximum absolute atomic E-state index is 15.8. The van der Waals surface area contributed by atoms with Crippen LogP contribution in [0.15, 0.2) is 212 Å². The van der Waals surface area contributed by atoms with Crippen molar-refractivity contribution in [3.8, 4) is 46.0 Å². The van der Waals surface area contributed by atoms with Gasteiger partial charge in [-0.15, -0.1) is 0 Å². The summed E-state index contributed by atoms with van der Waals surface area (Å²) in [5, 5.41) is 29.8. The molecular formula is C63H35F3N6. The molecule has 0 aliphatic carbocycles. The molecule has 10 aromatic carbocycles. The fourth-order valence-corrected chi connectivity index (χ4v) is 11.6. The maximum atomic E-state index is 15.8. The first-order valence-electron chi connectivity index (χ1n) is 23.5. The van der Waals surface area contributed by atoms with Crippen LogP contribution in [0.1, 0.15) is 16.7 Å². The van der Waals surface area contributed by atoms with Crippen molar-refractivity contribution in [2.24, 2.45) is 0 Å². The highest BCUT2D eigenvalue weighted by atomic mass is 19.4. The van der Waals surface area contributed by atoms with E-state index < -0.39 is 11.7 Å². The summed E-state index contributed by atoms with van der Waals surface area (Å²) in [6.07, 6.45) is -4.86. The molecule has 0 N–H and O–H groups in total. The summed E-state index contributed by atoms with van der Waals surface area (Å²) in [7, 11) is 0. The van der Waals surface area contributed by atoms with E-state index in [0.717, 1.165) is 93.6 Å². The first-order valence-corrected chi connectivity index (χ1v) is 23.5. The normalized spacial score (nSPS) is 12.1. The lowest BCUT2D eigenvalue weighted by Gasteiger charge is -2.24. The molecule has 338 valence electrons. The molecule has 0 aliphatic rings. The van der Waals surface area contributed by atoms with Gasteiger partial charge in [0.1, 0.15) is 0 Å². The number of hydrogen-bond acceptors (Lipinski definition) is 2. The Labute approximate surface area is 408 Å². The molecule has 6 nitrogen and oxygen atoms in total. The SMILES string of the molecule is N#Cc1cc(-n2c3ccccc3c3cc(-n4c5ccccc5c5ccccc54)ccc32)c(-c2c(C#N)cccc2C(F)(F)F)c(-n2c3ccccc3c3cc(-n4c5ccccc5c5ccccc54)ccc32)c1. The van der Waals surface area contributed by atoms with Gasteiger partial charge in [-0.3, -0.25) is 0 Å². The second-order valence-corrected chi connectivity index (χ2v) is 18.2. The number of nitriles is 2. The first kappa shape index (κ1) is 41.2. The number of aromatic nitrogens is 4. The van der Waals surface area contributed by atoms with Crippen molar-refractivity contribution in [2.75, 3.05) is 0 Å². The van der Waals surface area contributed by atoms with Gasteiger partial charge < -0.3 is 18.3 Å². The van der Waals surface area contributed by atoms with Crippen LogP contribution in [-0.4, -0.2) is 18.3 Å². The van der Waals surface area contributed by atoms with Gasteiger partial charge in [0.25, 0.3) is 0 Å². The highest BCUT2D eigenvalue weighted by Crippen LogP contribution is 2.48. The largest absolute Gasteiger partial charge is 0.417 e. The van der Waals surface area contributed by atoms with E-state index in [1.807, 2.05) is 130 Å². The third kappa shape index (κ3) is 5.83. The minimum Gasteiger partial charge on any atom is -0.309 e. The van der Waals surface area contributed by atoms with Crippen molar-refractivity contribution >= 4 is 87.2 Å². The highest BCUT2D eigenvalue weighted by Gasteiger charge is 2.37. The maximum Gasteiger partial charge on any atom is 0.417 e. The van der Waals surface area contributed by atoms with Crippen LogP contribution >= 0.6 is 0 Å². The third-order valence-corrected chi connectivity index (χ3v) is 14.4. The van der Waals surface area contributed by atoms with Crippen molar-refractivity contribution in [2.45, 2.75) is 6.18 Å². The average molecular weight is 933 g/mol. The van der Waals surface area contributed by atoms with Crippen molar-refractivity contribution in [3.63, 3.8) is 0 Å².